The molecule has 1 aliphatic rings. The summed E-state index contributed by atoms with van der Waals surface area (Å²) in [6.45, 7) is 2.31. The number of hydrogen-bond acceptors (Lipinski definition) is 3. The van der Waals surface area contributed by atoms with Crippen LogP contribution in [0.2, 0.25) is 0 Å². The van der Waals surface area contributed by atoms with Crippen LogP contribution >= 0.6 is 0 Å². The molecular weight excluding hydrogens is 274 g/mol. The highest BCUT2D eigenvalue weighted by Crippen LogP contribution is 2.33. The zero-order valence-electron chi connectivity index (χ0n) is 13.3. The van der Waals surface area contributed by atoms with Gasteiger partial charge in [-0.3, -0.25) is 4.90 Å². The topological polar surface area (TPSA) is 21.7 Å². The van der Waals surface area contributed by atoms with Crippen molar-refractivity contribution in [3.63, 3.8) is 0 Å². The predicted molar refractivity (Wildman–Crippen MR) is 88.6 cm³/mol. The Morgan fingerprint density at radius 2 is 1.14 bits per heavy atom. The molecule has 0 spiro atoms. The van der Waals surface area contributed by atoms with Crippen LogP contribution in [0.25, 0.3) is 0 Å². The van der Waals surface area contributed by atoms with Crippen molar-refractivity contribution in [1.82, 2.24) is 4.90 Å². The Hall–Kier alpha value is -2.00. The quantitative estimate of drug-likeness (QED) is 0.835. The first-order valence-electron chi connectivity index (χ1n) is 7.84. The van der Waals surface area contributed by atoms with E-state index in [-0.39, 0.29) is 0 Å². The van der Waals surface area contributed by atoms with Crippen LogP contribution < -0.4 is 9.47 Å². The number of methoxy groups -OCH3 is 2. The van der Waals surface area contributed by atoms with E-state index < -0.39 is 0 Å². The number of rotatable bonds is 5. The van der Waals surface area contributed by atoms with Gasteiger partial charge in [0, 0.05) is 0 Å². The molecule has 0 atom stereocenters. The molecule has 2 aromatic carbocycles. The first kappa shape index (κ1) is 14.9. The second-order valence-electron chi connectivity index (χ2n) is 5.69. The molecule has 1 heterocycles. The molecule has 116 valence electrons. The number of likely N-dealkylation sites (tertiary alicyclic amines) is 1. The normalized spacial score (nSPS) is 15.2. The van der Waals surface area contributed by atoms with E-state index in [2.05, 4.69) is 29.2 Å². The molecular formula is C19H23NO2. The highest BCUT2D eigenvalue weighted by molar-refractivity contribution is 5.38. The first-order chi connectivity index (χ1) is 10.8. The Morgan fingerprint density at radius 1 is 0.727 bits per heavy atom. The van der Waals surface area contributed by atoms with Crippen LogP contribution in [-0.2, 0) is 0 Å². The third-order valence-electron chi connectivity index (χ3n) is 4.37. The molecule has 22 heavy (non-hydrogen) atoms. The lowest BCUT2D eigenvalue weighted by atomic mass is 9.97. The van der Waals surface area contributed by atoms with Gasteiger partial charge in [0.15, 0.2) is 0 Å². The van der Waals surface area contributed by atoms with Crippen molar-refractivity contribution in [2.24, 2.45) is 0 Å². The largest absolute Gasteiger partial charge is 0.497 e. The molecule has 3 rings (SSSR count). The Kier molecular flexibility index (Phi) is 4.64. The molecule has 3 nitrogen and oxygen atoms in total. The standard InChI is InChI=1S/C19H23NO2/c1-21-17-9-5-15(6-10-17)19(20-13-3-4-14-20)16-7-11-18(22-2)12-8-16/h5-12,19H,3-4,13-14H2,1-2H3. The van der Waals surface area contributed by atoms with Gasteiger partial charge in [-0.15, -0.1) is 0 Å². The fourth-order valence-corrected chi connectivity index (χ4v) is 3.19. The molecule has 3 heteroatoms. The van der Waals surface area contributed by atoms with Crippen molar-refractivity contribution < 1.29 is 9.47 Å². The Morgan fingerprint density at radius 3 is 1.50 bits per heavy atom. The molecule has 1 aliphatic heterocycles. The molecule has 0 unspecified atom stereocenters. The SMILES string of the molecule is COc1ccc(C(c2ccc(OC)cc2)N2CCCC2)cc1. The van der Waals surface area contributed by atoms with E-state index in [1.807, 2.05) is 24.3 Å². The zero-order chi connectivity index (χ0) is 15.4. The van der Waals surface area contributed by atoms with Crippen molar-refractivity contribution in [3.8, 4) is 11.5 Å². The van der Waals surface area contributed by atoms with E-state index >= 15 is 0 Å². The van der Waals surface area contributed by atoms with Gasteiger partial charge in [-0.1, -0.05) is 24.3 Å². The molecule has 0 radical (unpaired) electrons. The van der Waals surface area contributed by atoms with Gasteiger partial charge in [0.25, 0.3) is 0 Å². The van der Waals surface area contributed by atoms with Crippen molar-refractivity contribution >= 4 is 0 Å². The van der Waals surface area contributed by atoms with Crippen LogP contribution in [0.1, 0.15) is 30.0 Å². The van der Waals surface area contributed by atoms with Crippen LogP contribution in [0.3, 0.4) is 0 Å². The van der Waals surface area contributed by atoms with Crippen LogP contribution in [0.5, 0.6) is 11.5 Å². The van der Waals surface area contributed by atoms with Gasteiger partial charge in [0.1, 0.15) is 11.5 Å². The Bertz CT molecular complexity index is 538. The minimum atomic E-state index is 0.305. The lowest BCUT2D eigenvalue weighted by Gasteiger charge is -2.28. The summed E-state index contributed by atoms with van der Waals surface area (Å²) in [5.74, 6) is 1.80. The summed E-state index contributed by atoms with van der Waals surface area (Å²) in [5.41, 5.74) is 2.63. The molecule has 1 saturated heterocycles. The van der Waals surface area contributed by atoms with Gasteiger partial charge >= 0.3 is 0 Å². The van der Waals surface area contributed by atoms with Crippen LogP contribution in [0, 0.1) is 0 Å². The Labute approximate surface area is 132 Å². The maximum absolute atomic E-state index is 5.28. The van der Waals surface area contributed by atoms with Gasteiger partial charge in [-0.25, -0.2) is 0 Å². The number of hydrogen-bond donors (Lipinski definition) is 0. The smallest absolute Gasteiger partial charge is 0.118 e. The van der Waals surface area contributed by atoms with Gasteiger partial charge in [-0.05, 0) is 61.3 Å². The number of nitrogens with zero attached hydrogens (tertiary/aromatic N) is 1. The third kappa shape index (κ3) is 3.09. The summed E-state index contributed by atoms with van der Waals surface area (Å²) in [7, 11) is 3.41. The summed E-state index contributed by atoms with van der Waals surface area (Å²) in [6.07, 6.45) is 2.56. The van der Waals surface area contributed by atoms with Crippen molar-refractivity contribution in [2.75, 3.05) is 27.3 Å². The van der Waals surface area contributed by atoms with Crippen molar-refractivity contribution in [2.45, 2.75) is 18.9 Å². The van der Waals surface area contributed by atoms with Gasteiger partial charge in [0.2, 0.25) is 0 Å². The molecule has 0 aromatic heterocycles. The maximum atomic E-state index is 5.28. The van der Waals surface area contributed by atoms with Gasteiger partial charge in [0.05, 0.1) is 20.3 Å². The van der Waals surface area contributed by atoms with Crippen LogP contribution in [0.15, 0.2) is 48.5 Å². The van der Waals surface area contributed by atoms with Crippen molar-refractivity contribution in [1.29, 1.82) is 0 Å². The lowest BCUT2D eigenvalue weighted by Crippen LogP contribution is -2.26. The van der Waals surface area contributed by atoms with E-state index in [1.54, 1.807) is 14.2 Å². The summed E-state index contributed by atoms with van der Waals surface area (Å²) in [4.78, 5) is 2.56. The summed E-state index contributed by atoms with van der Waals surface area (Å²) >= 11 is 0. The van der Waals surface area contributed by atoms with E-state index in [0.29, 0.717) is 6.04 Å². The van der Waals surface area contributed by atoms with Gasteiger partial charge < -0.3 is 9.47 Å². The monoisotopic (exact) mass is 297 g/mol. The van der Waals surface area contributed by atoms with E-state index in [0.717, 1.165) is 24.6 Å². The molecule has 0 bridgehead atoms. The molecule has 2 aromatic rings. The van der Waals surface area contributed by atoms with E-state index in [4.69, 9.17) is 9.47 Å². The molecule has 0 N–H and O–H groups in total. The third-order valence-corrected chi connectivity index (χ3v) is 4.37. The predicted octanol–water partition coefficient (Wildman–Crippen LogP) is 3.89. The lowest BCUT2D eigenvalue weighted by molar-refractivity contribution is 0.281. The summed E-state index contributed by atoms with van der Waals surface area (Å²) in [6, 6.07) is 17.2. The second kappa shape index (κ2) is 6.84. The number of ether oxygens (including phenoxy) is 2. The maximum Gasteiger partial charge on any atom is 0.118 e. The van der Waals surface area contributed by atoms with Crippen molar-refractivity contribution in [3.05, 3.63) is 59.7 Å². The highest BCUT2D eigenvalue weighted by Gasteiger charge is 2.25. The molecule has 0 saturated carbocycles. The molecule has 0 aliphatic carbocycles. The minimum Gasteiger partial charge on any atom is -0.497 e. The fourth-order valence-electron chi connectivity index (χ4n) is 3.19. The fraction of sp³-hybridized carbons (Fsp3) is 0.368. The number of benzene rings is 2. The van der Waals surface area contributed by atoms with E-state index in [9.17, 15) is 0 Å². The second-order valence-corrected chi connectivity index (χ2v) is 5.69. The molecule has 0 amide bonds. The van der Waals surface area contributed by atoms with Crippen LogP contribution in [-0.4, -0.2) is 32.2 Å². The van der Waals surface area contributed by atoms with Crippen LogP contribution in [0.4, 0.5) is 0 Å². The minimum absolute atomic E-state index is 0.305. The average molecular weight is 297 g/mol. The Balaban J connectivity index is 1.94. The highest BCUT2D eigenvalue weighted by atomic mass is 16.5. The first-order valence-corrected chi connectivity index (χ1v) is 7.84. The average Bonchev–Trinajstić information content (AvgIpc) is 3.10. The zero-order valence-corrected chi connectivity index (χ0v) is 13.3. The summed E-state index contributed by atoms with van der Waals surface area (Å²) < 4.78 is 10.6. The summed E-state index contributed by atoms with van der Waals surface area (Å²) in [5, 5.41) is 0. The van der Waals surface area contributed by atoms with Gasteiger partial charge in [-0.2, -0.15) is 0 Å². The van der Waals surface area contributed by atoms with E-state index in [1.165, 1.54) is 24.0 Å². The molecule has 1 fully saturated rings.